The lowest BCUT2D eigenvalue weighted by molar-refractivity contribution is 0.669. The van der Waals surface area contributed by atoms with Crippen LogP contribution in [-0.2, 0) is 0 Å². The first-order valence-electron chi connectivity index (χ1n) is 17.1. The van der Waals surface area contributed by atoms with E-state index in [2.05, 4.69) is 181 Å². The van der Waals surface area contributed by atoms with Crippen molar-refractivity contribution in [3.8, 4) is 22.3 Å². The van der Waals surface area contributed by atoms with Crippen molar-refractivity contribution in [1.29, 1.82) is 0 Å². The quantitative estimate of drug-likeness (QED) is 0.187. The van der Waals surface area contributed by atoms with Crippen molar-refractivity contribution in [2.75, 3.05) is 4.90 Å². The van der Waals surface area contributed by atoms with Gasteiger partial charge in [0.15, 0.2) is 0 Å². The second-order valence-electron chi connectivity index (χ2n) is 12.9. The molecule has 9 aromatic carbocycles. The summed E-state index contributed by atoms with van der Waals surface area (Å²) < 4.78 is 6.18. The summed E-state index contributed by atoms with van der Waals surface area (Å²) in [6.45, 7) is 0. The third-order valence-corrected chi connectivity index (χ3v) is 10.0. The minimum Gasteiger partial charge on any atom is -0.456 e. The smallest absolute Gasteiger partial charge is 0.136 e. The summed E-state index contributed by atoms with van der Waals surface area (Å²) in [6, 6.07) is 67.5. The molecule has 0 aliphatic carbocycles. The topological polar surface area (TPSA) is 16.4 Å². The van der Waals surface area contributed by atoms with Crippen LogP contribution >= 0.6 is 0 Å². The van der Waals surface area contributed by atoms with Gasteiger partial charge in [0.05, 0.1) is 5.69 Å². The summed E-state index contributed by atoms with van der Waals surface area (Å²) in [6.07, 6.45) is 0. The maximum Gasteiger partial charge on any atom is 0.136 e. The zero-order chi connectivity index (χ0) is 33.0. The third-order valence-electron chi connectivity index (χ3n) is 10.0. The van der Waals surface area contributed by atoms with Crippen LogP contribution in [0.25, 0.3) is 76.5 Å². The number of furan rings is 1. The van der Waals surface area contributed by atoms with E-state index in [1.165, 1.54) is 60.0 Å². The van der Waals surface area contributed by atoms with Gasteiger partial charge in [-0.2, -0.15) is 0 Å². The lowest BCUT2D eigenvalue weighted by Gasteiger charge is -2.27. The molecule has 0 saturated carbocycles. The Bertz CT molecular complexity index is 2860. The summed E-state index contributed by atoms with van der Waals surface area (Å²) in [5.74, 6) is 0. The molecule has 0 aliphatic rings. The molecule has 2 nitrogen and oxygen atoms in total. The molecule has 10 aromatic rings. The van der Waals surface area contributed by atoms with Gasteiger partial charge in [-0.25, -0.2) is 0 Å². The van der Waals surface area contributed by atoms with Gasteiger partial charge in [0.2, 0.25) is 0 Å². The van der Waals surface area contributed by atoms with Gasteiger partial charge in [0.1, 0.15) is 11.2 Å². The molecule has 2 heteroatoms. The van der Waals surface area contributed by atoms with Crippen LogP contribution in [0.2, 0.25) is 0 Å². The first kappa shape index (κ1) is 28.4. The Kier molecular flexibility index (Phi) is 6.53. The standard InChI is InChI=1S/C48H31NO/c1-2-13-36(14-3-1)49(37-27-23-33(24-28-37)39-17-8-12-32-11-4-5-15-38(32)39)45-21-10-19-42-40(18-9-20-43(42)45)34-25-29-41-35(31-34)26-30-47-48(41)44-16-6-7-22-46(44)50-47/h1-31H. The van der Waals surface area contributed by atoms with Gasteiger partial charge in [-0.3, -0.25) is 0 Å². The highest BCUT2D eigenvalue weighted by Gasteiger charge is 2.18. The monoisotopic (exact) mass is 637 g/mol. The normalized spacial score (nSPS) is 11.6. The second-order valence-corrected chi connectivity index (χ2v) is 12.9. The van der Waals surface area contributed by atoms with Gasteiger partial charge in [-0.1, -0.05) is 140 Å². The Morgan fingerprint density at radius 2 is 0.980 bits per heavy atom. The fraction of sp³-hybridized carbons (Fsp3) is 0. The molecule has 0 bridgehead atoms. The first-order valence-corrected chi connectivity index (χ1v) is 17.1. The van der Waals surface area contributed by atoms with E-state index in [1.807, 2.05) is 12.1 Å². The molecule has 0 saturated heterocycles. The second kappa shape index (κ2) is 11.5. The average Bonchev–Trinajstić information content (AvgIpc) is 3.57. The molecule has 0 spiro atoms. The zero-order valence-electron chi connectivity index (χ0n) is 27.3. The predicted molar refractivity (Wildman–Crippen MR) is 212 cm³/mol. The number of hydrogen-bond acceptors (Lipinski definition) is 2. The van der Waals surface area contributed by atoms with E-state index in [4.69, 9.17) is 4.42 Å². The van der Waals surface area contributed by atoms with E-state index in [-0.39, 0.29) is 0 Å². The largest absolute Gasteiger partial charge is 0.456 e. The summed E-state index contributed by atoms with van der Waals surface area (Å²) in [5.41, 5.74) is 10.1. The van der Waals surface area contributed by atoms with E-state index >= 15 is 0 Å². The molecule has 0 unspecified atom stereocenters. The Morgan fingerprint density at radius 1 is 0.340 bits per heavy atom. The lowest BCUT2D eigenvalue weighted by atomic mass is 9.94. The molecular formula is C48H31NO. The Hall–Kier alpha value is -6.64. The molecule has 0 radical (unpaired) electrons. The average molecular weight is 638 g/mol. The minimum atomic E-state index is 0.923. The molecule has 0 amide bonds. The van der Waals surface area contributed by atoms with Crippen molar-refractivity contribution in [1.82, 2.24) is 0 Å². The van der Waals surface area contributed by atoms with Crippen molar-refractivity contribution in [2.45, 2.75) is 0 Å². The summed E-state index contributed by atoms with van der Waals surface area (Å²) in [7, 11) is 0. The fourth-order valence-corrected chi connectivity index (χ4v) is 7.73. The number of para-hydroxylation sites is 2. The maximum atomic E-state index is 6.18. The zero-order valence-corrected chi connectivity index (χ0v) is 27.3. The molecule has 0 atom stereocenters. The van der Waals surface area contributed by atoms with Crippen LogP contribution in [0.1, 0.15) is 0 Å². The van der Waals surface area contributed by atoms with Crippen molar-refractivity contribution < 1.29 is 4.42 Å². The van der Waals surface area contributed by atoms with Crippen molar-refractivity contribution >= 4 is 71.3 Å². The van der Waals surface area contributed by atoms with Crippen LogP contribution in [0.5, 0.6) is 0 Å². The van der Waals surface area contributed by atoms with Crippen molar-refractivity contribution in [3.05, 3.63) is 188 Å². The van der Waals surface area contributed by atoms with Crippen LogP contribution in [0.3, 0.4) is 0 Å². The highest BCUT2D eigenvalue weighted by molar-refractivity contribution is 6.19. The third kappa shape index (κ3) is 4.57. The molecule has 234 valence electrons. The molecule has 1 aromatic heterocycles. The van der Waals surface area contributed by atoms with Crippen molar-refractivity contribution in [3.63, 3.8) is 0 Å². The molecule has 0 aliphatic heterocycles. The Morgan fingerprint density at radius 3 is 1.86 bits per heavy atom. The number of fused-ring (bicyclic) bond motifs is 7. The number of hydrogen-bond donors (Lipinski definition) is 0. The van der Waals surface area contributed by atoms with Gasteiger partial charge in [0.25, 0.3) is 0 Å². The summed E-state index contributed by atoms with van der Waals surface area (Å²) >= 11 is 0. The van der Waals surface area contributed by atoms with Crippen LogP contribution in [0.15, 0.2) is 192 Å². The van der Waals surface area contributed by atoms with E-state index < -0.39 is 0 Å². The lowest BCUT2D eigenvalue weighted by Crippen LogP contribution is -2.10. The molecular weight excluding hydrogens is 607 g/mol. The van der Waals surface area contributed by atoms with Gasteiger partial charge < -0.3 is 9.32 Å². The number of rotatable bonds is 5. The van der Waals surface area contributed by atoms with Crippen LogP contribution < -0.4 is 4.90 Å². The summed E-state index contributed by atoms with van der Waals surface area (Å²) in [4.78, 5) is 2.38. The highest BCUT2D eigenvalue weighted by Crippen LogP contribution is 2.43. The van der Waals surface area contributed by atoms with Gasteiger partial charge in [-0.05, 0) is 97.7 Å². The van der Waals surface area contributed by atoms with Gasteiger partial charge >= 0.3 is 0 Å². The van der Waals surface area contributed by atoms with E-state index in [0.29, 0.717) is 0 Å². The van der Waals surface area contributed by atoms with Crippen LogP contribution in [0.4, 0.5) is 17.1 Å². The van der Waals surface area contributed by atoms with Crippen molar-refractivity contribution in [2.24, 2.45) is 0 Å². The maximum absolute atomic E-state index is 6.18. The highest BCUT2D eigenvalue weighted by atomic mass is 16.3. The number of nitrogens with zero attached hydrogens (tertiary/aromatic N) is 1. The molecule has 0 N–H and O–H groups in total. The fourth-order valence-electron chi connectivity index (χ4n) is 7.73. The Balaban J connectivity index is 1.11. The predicted octanol–water partition coefficient (Wildman–Crippen LogP) is 13.8. The van der Waals surface area contributed by atoms with E-state index in [9.17, 15) is 0 Å². The first-order chi connectivity index (χ1) is 24.8. The van der Waals surface area contributed by atoms with E-state index in [0.717, 1.165) is 33.6 Å². The van der Waals surface area contributed by atoms with Gasteiger partial charge in [0, 0.05) is 27.5 Å². The number of anilines is 3. The molecule has 10 rings (SSSR count). The number of benzene rings is 9. The van der Waals surface area contributed by atoms with Crippen LogP contribution in [-0.4, -0.2) is 0 Å². The SMILES string of the molecule is c1ccc(N(c2ccc(-c3cccc4ccccc34)cc2)c2cccc3c(-c4ccc5c(ccc6oc7ccccc7c65)c4)cccc23)cc1. The Labute approximate surface area is 290 Å². The molecule has 1 heterocycles. The minimum absolute atomic E-state index is 0.923. The summed E-state index contributed by atoms with van der Waals surface area (Å²) in [5, 5.41) is 9.67. The van der Waals surface area contributed by atoms with E-state index in [1.54, 1.807) is 0 Å². The molecule has 0 fully saturated rings. The molecule has 50 heavy (non-hydrogen) atoms. The van der Waals surface area contributed by atoms with Gasteiger partial charge in [-0.15, -0.1) is 0 Å². The van der Waals surface area contributed by atoms with Crippen LogP contribution in [0, 0.1) is 0 Å².